The summed E-state index contributed by atoms with van der Waals surface area (Å²) in [5.41, 5.74) is 3.80. The van der Waals surface area contributed by atoms with E-state index in [2.05, 4.69) is 21.5 Å². The minimum Gasteiger partial charge on any atom is -0.334 e. The van der Waals surface area contributed by atoms with E-state index in [1.165, 1.54) is 36.5 Å². The summed E-state index contributed by atoms with van der Waals surface area (Å²) < 4.78 is 2.35. The second-order valence-corrected chi connectivity index (χ2v) is 7.57. The maximum Gasteiger partial charge on any atom is 0.147 e. The Labute approximate surface area is 152 Å². The van der Waals surface area contributed by atoms with Crippen molar-refractivity contribution in [2.75, 3.05) is 6.54 Å². The van der Waals surface area contributed by atoms with Crippen molar-refractivity contribution in [2.24, 2.45) is 7.05 Å². The van der Waals surface area contributed by atoms with Gasteiger partial charge in [-0.25, -0.2) is 9.97 Å². The van der Waals surface area contributed by atoms with Gasteiger partial charge >= 0.3 is 0 Å². The zero-order valence-electron chi connectivity index (χ0n) is 13.9. The molecule has 1 fully saturated rings. The Morgan fingerprint density at radius 1 is 1.21 bits per heavy atom. The molecule has 4 rings (SSSR count). The van der Waals surface area contributed by atoms with Gasteiger partial charge in [0.2, 0.25) is 0 Å². The molecular weight excluding hydrogens is 343 g/mol. The van der Waals surface area contributed by atoms with Crippen molar-refractivity contribution >= 4 is 23.2 Å². The van der Waals surface area contributed by atoms with Crippen LogP contribution in [0.4, 0.5) is 0 Å². The first-order valence-corrected chi connectivity index (χ1v) is 9.48. The van der Waals surface area contributed by atoms with Crippen molar-refractivity contribution in [1.82, 2.24) is 19.4 Å². The average molecular weight is 365 g/mol. The van der Waals surface area contributed by atoms with Crippen molar-refractivity contribution in [3.8, 4) is 0 Å². The Bertz CT molecular complexity index is 756. The summed E-state index contributed by atoms with van der Waals surface area (Å²) in [7, 11) is 2.18. The molecule has 128 valence electrons. The number of imidazole rings is 1. The molecule has 1 aliphatic heterocycles. The van der Waals surface area contributed by atoms with E-state index in [1.54, 1.807) is 6.20 Å². The second kappa shape index (κ2) is 6.66. The maximum atomic E-state index is 6.34. The number of hydrogen-bond donors (Lipinski definition) is 0. The number of likely N-dealkylation sites (tertiary alicyclic amines) is 1. The molecule has 2 aliphatic rings. The summed E-state index contributed by atoms with van der Waals surface area (Å²) >= 11 is 12.4. The number of aryl methyl sites for hydroxylation is 1. The quantitative estimate of drug-likeness (QED) is 0.759. The molecule has 1 aliphatic carbocycles. The first kappa shape index (κ1) is 16.4. The molecule has 0 spiro atoms. The van der Waals surface area contributed by atoms with Crippen LogP contribution in [0.15, 0.2) is 12.3 Å². The van der Waals surface area contributed by atoms with Crippen LogP contribution in [-0.2, 0) is 26.4 Å². The number of fused-ring (bicyclic) bond motifs is 1. The minimum atomic E-state index is 0.364. The number of halogens is 2. The van der Waals surface area contributed by atoms with Gasteiger partial charge in [0.25, 0.3) is 0 Å². The molecule has 0 aromatic carbocycles. The highest BCUT2D eigenvalue weighted by Gasteiger charge is 2.31. The summed E-state index contributed by atoms with van der Waals surface area (Å²) in [4.78, 5) is 11.5. The standard InChI is InChI=1S/C18H22Cl2N4/c1-23-14-6-3-2-5-13(14)22-18(23)15-7-4-10-24(15)11-12-8-9-21-17(20)16(12)19/h8-9,15H,2-7,10-11H2,1H3/t15-/m1/s1. The van der Waals surface area contributed by atoms with Crippen LogP contribution >= 0.6 is 23.2 Å². The average Bonchev–Trinajstić information content (AvgIpc) is 3.17. The van der Waals surface area contributed by atoms with Crippen molar-refractivity contribution < 1.29 is 0 Å². The second-order valence-electron chi connectivity index (χ2n) is 6.83. The van der Waals surface area contributed by atoms with Gasteiger partial charge in [0.15, 0.2) is 0 Å². The third kappa shape index (κ3) is 2.85. The molecule has 2 aromatic heterocycles. The lowest BCUT2D eigenvalue weighted by molar-refractivity contribution is 0.236. The van der Waals surface area contributed by atoms with Gasteiger partial charge in [0.1, 0.15) is 11.0 Å². The van der Waals surface area contributed by atoms with E-state index in [1.807, 2.05) is 6.07 Å². The molecule has 24 heavy (non-hydrogen) atoms. The van der Waals surface area contributed by atoms with Crippen LogP contribution < -0.4 is 0 Å². The molecule has 6 heteroatoms. The van der Waals surface area contributed by atoms with E-state index in [0.29, 0.717) is 16.2 Å². The molecular formula is C18H22Cl2N4. The smallest absolute Gasteiger partial charge is 0.147 e. The third-order valence-electron chi connectivity index (χ3n) is 5.37. The van der Waals surface area contributed by atoms with Crippen LogP contribution in [0.25, 0.3) is 0 Å². The number of hydrogen-bond acceptors (Lipinski definition) is 3. The molecule has 0 saturated carbocycles. The normalized spacial score (nSPS) is 21.2. The van der Waals surface area contributed by atoms with E-state index in [4.69, 9.17) is 28.2 Å². The third-order valence-corrected chi connectivity index (χ3v) is 6.18. The lowest BCUT2D eigenvalue weighted by Gasteiger charge is -2.25. The van der Waals surface area contributed by atoms with E-state index in [-0.39, 0.29) is 0 Å². The Hall–Kier alpha value is -1.10. The lowest BCUT2D eigenvalue weighted by atomic mass is 10.0. The van der Waals surface area contributed by atoms with Gasteiger partial charge in [-0.2, -0.15) is 0 Å². The van der Waals surface area contributed by atoms with Gasteiger partial charge in [0, 0.05) is 25.5 Å². The fraction of sp³-hybridized carbons (Fsp3) is 0.556. The lowest BCUT2D eigenvalue weighted by Crippen LogP contribution is -2.25. The van der Waals surface area contributed by atoms with Crippen LogP contribution in [0, 0.1) is 0 Å². The van der Waals surface area contributed by atoms with Gasteiger partial charge in [0.05, 0.1) is 16.8 Å². The summed E-state index contributed by atoms with van der Waals surface area (Å²) in [6, 6.07) is 2.33. The summed E-state index contributed by atoms with van der Waals surface area (Å²) in [5.74, 6) is 1.22. The van der Waals surface area contributed by atoms with E-state index >= 15 is 0 Å². The zero-order chi connectivity index (χ0) is 16.7. The topological polar surface area (TPSA) is 34.0 Å². The highest BCUT2D eigenvalue weighted by Crippen LogP contribution is 2.36. The van der Waals surface area contributed by atoms with Crippen LogP contribution in [0.3, 0.4) is 0 Å². The fourth-order valence-electron chi connectivity index (χ4n) is 4.11. The monoisotopic (exact) mass is 364 g/mol. The van der Waals surface area contributed by atoms with Crippen LogP contribution in [0.5, 0.6) is 0 Å². The van der Waals surface area contributed by atoms with Crippen molar-refractivity contribution in [1.29, 1.82) is 0 Å². The highest BCUT2D eigenvalue weighted by atomic mass is 35.5. The van der Waals surface area contributed by atoms with Gasteiger partial charge in [-0.15, -0.1) is 0 Å². The molecule has 1 saturated heterocycles. The largest absolute Gasteiger partial charge is 0.334 e. The van der Waals surface area contributed by atoms with E-state index in [9.17, 15) is 0 Å². The molecule has 0 amide bonds. The molecule has 0 N–H and O–H groups in total. The number of rotatable bonds is 3. The van der Waals surface area contributed by atoms with Crippen molar-refractivity contribution in [2.45, 2.75) is 51.1 Å². The Morgan fingerprint density at radius 2 is 2.04 bits per heavy atom. The first-order valence-electron chi connectivity index (χ1n) is 8.72. The summed E-state index contributed by atoms with van der Waals surface area (Å²) in [6.07, 6.45) is 8.92. The molecule has 3 heterocycles. The minimum absolute atomic E-state index is 0.364. The van der Waals surface area contributed by atoms with Crippen molar-refractivity contribution in [3.05, 3.63) is 45.2 Å². The number of pyridine rings is 1. The van der Waals surface area contributed by atoms with Crippen molar-refractivity contribution in [3.63, 3.8) is 0 Å². The predicted octanol–water partition coefficient (Wildman–Crippen LogP) is 4.34. The zero-order valence-corrected chi connectivity index (χ0v) is 15.4. The molecule has 0 bridgehead atoms. The highest BCUT2D eigenvalue weighted by molar-refractivity contribution is 6.41. The molecule has 4 nitrogen and oxygen atoms in total. The Kier molecular flexibility index (Phi) is 4.54. The molecule has 1 atom stereocenters. The van der Waals surface area contributed by atoms with Gasteiger partial charge in [-0.1, -0.05) is 23.2 Å². The van der Waals surface area contributed by atoms with Gasteiger partial charge < -0.3 is 4.57 Å². The first-order chi connectivity index (χ1) is 11.6. The predicted molar refractivity (Wildman–Crippen MR) is 96.5 cm³/mol. The Morgan fingerprint density at radius 3 is 2.88 bits per heavy atom. The number of nitrogens with zero attached hydrogens (tertiary/aromatic N) is 4. The number of aromatic nitrogens is 3. The molecule has 0 unspecified atom stereocenters. The molecule has 0 radical (unpaired) electrons. The van der Waals surface area contributed by atoms with Gasteiger partial charge in [-0.05, 0) is 56.7 Å². The Balaban J connectivity index is 1.61. The molecule has 2 aromatic rings. The SMILES string of the molecule is Cn1c([C@H]2CCCN2Cc2ccnc(Cl)c2Cl)nc2c1CCCC2. The van der Waals surface area contributed by atoms with E-state index in [0.717, 1.165) is 37.9 Å². The van der Waals surface area contributed by atoms with Crippen LogP contribution in [0.2, 0.25) is 10.2 Å². The van der Waals surface area contributed by atoms with Crippen LogP contribution in [-0.4, -0.2) is 26.0 Å². The van der Waals surface area contributed by atoms with E-state index < -0.39 is 0 Å². The summed E-state index contributed by atoms with van der Waals surface area (Å²) in [6.45, 7) is 1.86. The van der Waals surface area contributed by atoms with Crippen LogP contribution in [0.1, 0.15) is 54.5 Å². The fourth-order valence-corrected chi connectivity index (χ4v) is 4.46. The summed E-state index contributed by atoms with van der Waals surface area (Å²) in [5, 5.41) is 0.960. The maximum absolute atomic E-state index is 6.34. The van der Waals surface area contributed by atoms with Gasteiger partial charge in [-0.3, -0.25) is 4.90 Å².